The molecule has 4 N–H and O–H groups in total. The number of hydrogen-bond donors (Lipinski definition) is 4. The molecule has 0 aromatic heterocycles. The maximum absolute atomic E-state index is 11.7. The molecule has 1 rings (SSSR count). The van der Waals surface area contributed by atoms with Crippen LogP contribution >= 0.6 is 0 Å². The van der Waals surface area contributed by atoms with Gasteiger partial charge in [0.2, 0.25) is 0 Å². The fourth-order valence-electron chi connectivity index (χ4n) is 1.69. The van der Waals surface area contributed by atoms with Crippen LogP contribution in [0.5, 0.6) is 0 Å². The minimum atomic E-state index is -3.06. The van der Waals surface area contributed by atoms with Crippen LogP contribution in [-0.4, -0.2) is 77.2 Å². The molecular weight excluding hydrogens is 323 g/mol. The molecule has 0 amide bonds. The van der Waals surface area contributed by atoms with Crippen molar-refractivity contribution in [1.82, 2.24) is 0 Å². The van der Waals surface area contributed by atoms with Gasteiger partial charge in [0, 0.05) is 0 Å². The van der Waals surface area contributed by atoms with Crippen LogP contribution in [-0.2, 0) is 18.0 Å². The average Bonchev–Trinajstić information content (AvgIpc) is 2.52. The van der Waals surface area contributed by atoms with E-state index in [4.69, 9.17) is 19.7 Å². The number of carboxylic acids is 1. The third-order valence-corrected chi connectivity index (χ3v) is 5.24. The Hall–Kier alpha value is -0.372. The fraction of sp³-hybridized carbons (Fsp3) is 0.900. The van der Waals surface area contributed by atoms with Gasteiger partial charge in [-0.05, 0) is 0 Å². The van der Waals surface area contributed by atoms with Gasteiger partial charge in [-0.15, -0.1) is 0 Å². The summed E-state index contributed by atoms with van der Waals surface area (Å²) in [6.45, 7) is -0.572. The van der Waals surface area contributed by atoms with Crippen LogP contribution in [0.1, 0.15) is 0 Å². The van der Waals surface area contributed by atoms with Crippen molar-refractivity contribution in [3.63, 3.8) is 0 Å². The third kappa shape index (κ3) is 4.90. The van der Waals surface area contributed by atoms with Gasteiger partial charge in [0.1, 0.15) is 0 Å². The number of carbonyl (C=O) groups is 1. The van der Waals surface area contributed by atoms with Crippen molar-refractivity contribution < 1.29 is 38.4 Å². The van der Waals surface area contributed by atoms with Gasteiger partial charge < -0.3 is 0 Å². The Morgan fingerprint density at radius 3 is 2.42 bits per heavy atom. The molecule has 0 bridgehead atoms. The van der Waals surface area contributed by atoms with Crippen molar-refractivity contribution in [2.45, 2.75) is 47.3 Å². The topological polar surface area (TPSA) is 134 Å². The molecule has 0 aromatic carbocycles. The Labute approximate surface area is 112 Å². The van der Waals surface area contributed by atoms with Crippen LogP contribution in [0, 0.1) is 0 Å². The van der Waals surface area contributed by atoms with Gasteiger partial charge in [0.05, 0.1) is 0 Å². The average molecular weight is 342 g/mol. The quantitative estimate of drug-likeness (QED) is 0.430. The molecule has 0 radical (unpaired) electrons. The molecule has 1 heterocycles. The van der Waals surface area contributed by atoms with E-state index in [1.54, 1.807) is 11.4 Å². The number of aliphatic hydroxyl groups excluding tert-OH is 3. The van der Waals surface area contributed by atoms with E-state index in [0.717, 1.165) is 0 Å². The standard InChI is InChI=1S/C10H19AsO8/c1-11(2,17)3-6-7(13)8(14)10(19-6)18-4-5(12)9(15)16/h5-8,10,12-14H,3-4H2,1-2H3,(H,15,16)/t5-,6+,7+,8+,10+/m0/s1. The van der Waals surface area contributed by atoms with Crippen molar-refractivity contribution in [2.75, 3.05) is 6.61 Å². The summed E-state index contributed by atoms with van der Waals surface area (Å²) in [7, 11) is 0. The molecular formula is C10H19AsO8. The van der Waals surface area contributed by atoms with Crippen molar-refractivity contribution in [3.05, 3.63) is 0 Å². The second-order valence-corrected chi connectivity index (χ2v) is 12.3. The molecule has 19 heavy (non-hydrogen) atoms. The predicted octanol–water partition coefficient (Wildman–Crippen LogP) is -1.47. The summed E-state index contributed by atoms with van der Waals surface area (Å²) in [6, 6.07) is 0. The Morgan fingerprint density at radius 2 is 1.95 bits per heavy atom. The second kappa shape index (κ2) is 6.39. The number of rotatable bonds is 6. The van der Waals surface area contributed by atoms with Crippen LogP contribution in [0.25, 0.3) is 0 Å². The molecule has 0 saturated carbocycles. The van der Waals surface area contributed by atoms with E-state index < -0.39 is 56.8 Å². The molecule has 0 aromatic rings. The van der Waals surface area contributed by atoms with Gasteiger partial charge in [-0.3, -0.25) is 0 Å². The predicted molar refractivity (Wildman–Crippen MR) is 63.2 cm³/mol. The van der Waals surface area contributed by atoms with Crippen LogP contribution < -0.4 is 0 Å². The molecule has 5 atom stereocenters. The second-order valence-electron chi connectivity index (χ2n) is 4.97. The molecule has 1 fully saturated rings. The maximum atomic E-state index is 11.7. The first-order valence-electron chi connectivity index (χ1n) is 5.70. The van der Waals surface area contributed by atoms with E-state index in [-0.39, 0.29) is 5.21 Å². The molecule has 0 unspecified atom stereocenters. The van der Waals surface area contributed by atoms with Crippen molar-refractivity contribution in [2.24, 2.45) is 0 Å². The molecule has 0 spiro atoms. The molecule has 1 saturated heterocycles. The number of ether oxygens (including phenoxy) is 2. The normalized spacial score (nSPS) is 33.3. The van der Waals surface area contributed by atoms with E-state index >= 15 is 0 Å². The zero-order valence-corrected chi connectivity index (χ0v) is 12.5. The van der Waals surface area contributed by atoms with Crippen LogP contribution in [0.4, 0.5) is 0 Å². The number of hydrogen-bond acceptors (Lipinski definition) is 7. The van der Waals surface area contributed by atoms with Crippen molar-refractivity contribution >= 4 is 19.5 Å². The monoisotopic (exact) mass is 342 g/mol. The third-order valence-electron chi connectivity index (χ3n) is 2.64. The number of aliphatic hydroxyl groups is 3. The van der Waals surface area contributed by atoms with Gasteiger partial charge in [-0.1, -0.05) is 0 Å². The molecule has 0 aliphatic carbocycles. The first-order chi connectivity index (χ1) is 8.61. The Bertz CT molecular complexity index is 367. The first-order valence-corrected chi connectivity index (χ1v) is 11.5. The molecule has 1 aliphatic rings. The Kier molecular flexibility index (Phi) is 5.61. The van der Waals surface area contributed by atoms with Gasteiger partial charge in [0.15, 0.2) is 0 Å². The molecule has 8 nitrogen and oxygen atoms in total. The number of aliphatic carboxylic acids is 1. The summed E-state index contributed by atoms with van der Waals surface area (Å²) in [5, 5.41) is 37.0. The summed E-state index contributed by atoms with van der Waals surface area (Å²) >= 11 is -3.06. The van der Waals surface area contributed by atoms with E-state index in [2.05, 4.69) is 0 Å². The van der Waals surface area contributed by atoms with Crippen LogP contribution in [0.3, 0.4) is 0 Å². The molecule has 112 valence electrons. The van der Waals surface area contributed by atoms with Gasteiger partial charge >= 0.3 is 112 Å². The zero-order chi connectivity index (χ0) is 14.8. The Balaban J connectivity index is 2.54. The molecule has 1 aliphatic heterocycles. The summed E-state index contributed by atoms with van der Waals surface area (Å²) < 4.78 is 21.8. The SMILES string of the molecule is C[As](C)(=O)C[C@H]1O[C@@H](OC[C@H](O)C(=O)O)[C@H](O)[C@@H]1O. The summed E-state index contributed by atoms with van der Waals surface area (Å²) in [5.41, 5.74) is 3.17. The van der Waals surface area contributed by atoms with Crippen LogP contribution in [0.2, 0.25) is 16.6 Å². The zero-order valence-electron chi connectivity index (χ0n) is 10.7. The number of carboxylic acid groups (broad SMARTS) is 1. The van der Waals surface area contributed by atoms with Gasteiger partial charge in [-0.25, -0.2) is 0 Å². The van der Waals surface area contributed by atoms with Gasteiger partial charge in [-0.2, -0.15) is 0 Å². The van der Waals surface area contributed by atoms with E-state index in [0.29, 0.717) is 0 Å². The first kappa shape index (κ1) is 16.7. The summed E-state index contributed by atoms with van der Waals surface area (Å²) in [6.07, 6.45) is -6.41. The molecule has 9 heteroatoms. The fourth-order valence-corrected chi connectivity index (χ4v) is 4.15. The van der Waals surface area contributed by atoms with E-state index in [9.17, 15) is 18.7 Å². The van der Waals surface area contributed by atoms with Crippen LogP contribution in [0.15, 0.2) is 0 Å². The van der Waals surface area contributed by atoms with Crippen molar-refractivity contribution in [1.29, 1.82) is 0 Å². The summed E-state index contributed by atoms with van der Waals surface area (Å²) in [5.74, 6) is -1.46. The Morgan fingerprint density at radius 1 is 1.37 bits per heavy atom. The van der Waals surface area contributed by atoms with E-state index in [1.165, 1.54) is 0 Å². The van der Waals surface area contributed by atoms with Gasteiger partial charge in [0.25, 0.3) is 0 Å². The van der Waals surface area contributed by atoms with Crippen molar-refractivity contribution in [3.8, 4) is 0 Å². The van der Waals surface area contributed by atoms with E-state index in [1.807, 2.05) is 0 Å². The minimum absolute atomic E-state index is 0.137. The summed E-state index contributed by atoms with van der Waals surface area (Å²) in [4.78, 5) is 10.4.